The molecular formula is C28H36N6. The van der Waals surface area contributed by atoms with Crippen molar-refractivity contribution in [2.45, 2.75) is 64.8 Å². The van der Waals surface area contributed by atoms with Crippen LogP contribution in [0, 0.1) is 6.92 Å². The number of hydrogen-bond donors (Lipinski definition) is 2. The Morgan fingerprint density at radius 1 is 0.882 bits per heavy atom. The molecular weight excluding hydrogens is 420 g/mol. The summed E-state index contributed by atoms with van der Waals surface area (Å²) in [6.45, 7) is 6.80. The molecule has 2 N–H and O–H groups in total. The second kappa shape index (κ2) is 11.1. The summed E-state index contributed by atoms with van der Waals surface area (Å²) in [7, 11) is 1.84. The average Bonchev–Trinajstić information content (AvgIpc) is 3.81. The lowest BCUT2D eigenvalue weighted by atomic mass is 10.1. The lowest BCUT2D eigenvalue weighted by Crippen LogP contribution is -2.03. The van der Waals surface area contributed by atoms with E-state index in [2.05, 4.69) is 85.7 Å². The molecule has 4 aromatic rings. The maximum absolute atomic E-state index is 4.63. The molecule has 0 bridgehead atoms. The lowest BCUT2D eigenvalue weighted by molar-refractivity contribution is 1.04. The summed E-state index contributed by atoms with van der Waals surface area (Å²) in [5.41, 5.74) is 6.33. The summed E-state index contributed by atoms with van der Waals surface area (Å²) >= 11 is 0. The Hall–Kier alpha value is -3.41. The van der Waals surface area contributed by atoms with Crippen molar-refractivity contribution in [1.82, 2.24) is 19.4 Å². The third kappa shape index (κ3) is 6.34. The molecule has 2 saturated carbocycles. The highest BCUT2D eigenvalue weighted by Crippen LogP contribution is 2.40. The number of aryl methyl sites for hydroxylation is 1. The van der Waals surface area contributed by atoms with E-state index in [-0.39, 0.29) is 0 Å². The van der Waals surface area contributed by atoms with Crippen LogP contribution in [0.25, 0.3) is 5.65 Å². The number of benzene rings is 1. The Morgan fingerprint density at radius 2 is 1.62 bits per heavy atom. The number of nitrogens with one attached hydrogen (secondary N) is 2. The van der Waals surface area contributed by atoms with Gasteiger partial charge in [-0.2, -0.15) is 0 Å². The Kier molecular flexibility index (Phi) is 7.78. The van der Waals surface area contributed by atoms with Crippen LogP contribution in [0.3, 0.4) is 0 Å². The molecule has 2 fully saturated rings. The van der Waals surface area contributed by atoms with Gasteiger partial charge in [-0.25, -0.2) is 15.0 Å². The molecule has 178 valence electrons. The van der Waals surface area contributed by atoms with Crippen molar-refractivity contribution in [3.63, 3.8) is 0 Å². The van der Waals surface area contributed by atoms with E-state index < -0.39 is 0 Å². The fourth-order valence-electron chi connectivity index (χ4n) is 3.92. The standard InChI is InChI=1S/C16H18N6.C10H12.C2H6/c1-17-14-6-15(20-10-19-14)18-7-13-9-22-8-12(11-2-3-11)4-5-16(22)21-13;1-8-3-2-4-10(7-8)9-5-6-9;1-2/h4-6,8-11H,2-3,7H2,1H3,(H2,17,18,19,20);2-4,7,9H,5-6H2,1H3;1-2H3. The highest BCUT2D eigenvalue weighted by molar-refractivity contribution is 5.47. The number of hydrogen-bond acceptors (Lipinski definition) is 5. The summed E-state index contributed by atoms with van der Waals surface area (Å²) in [6, 6.07) is 15.0. The first-order chi connectivity index (χ1) is 16.7. The third-order valence-electron chi connectivity index (χ3n) is 6.04. The van der Waals surface area contributed by atoms with Crippen molar-refractivity contribution < 1.29 is 0 Å². The molecule has 0 spiro atoms. The molecule has 6 rings (SSSR count). The normalized spacial score (nSPS) is 14.5. The zero-order valence-electron chi connectivity index (χ0n) is 20.8. The molecule has 0 radical (unpaired) electrons. The molecule has 0 unspecified atom stereocenters. The largest absolute Gasteiger partial charge is 0.373 e. The van der Waals surface area contributed by atoms with Gasteiger partial charge in [-0.1, -0.05) is 49.7 Å². The molecule has 0 amide bonds. The molecule has 2 aliphatic rings. The van der Waals surface area contributed by atoms with Gasteiger partial charge >= 0.3 is 0 Å². The second-order valence-electron chi connectivity index (χ2n) is 8.81. The van der Waals surface area contributed by atoms with Gasteiger partial charge in [-0.05, 0) is 61.6 Å². The molecule has 6 heteroatoms. The zero-order chi connectivity index (χ0) is 23.9. The highest BCUT2D eigenvalue weighted by atomic mass is 15.1. The van der Waals surface area contributed by atoms with E-state index in [1.54, 1.807) is 11.9 Å². The summed E-state index contributed by atoms with van der Waals surface area (Å²) in [6.07, 6.45) is 11.3. The SMILES string of the molecule is CC.CNc1cc(NCc2cn3cc(C4CC4)ccc3n2)ncn1.Cc1cccc(C2CC2)c1. The van der Waals surface area contributed by atoms with Crippen LogP contribution in [0.5, 0.6) is 0 Å². The Balaban J connectivity index is 0.000000190. The third-order valence-corrected chi connectivity index (χ3v) is 6.04. The molecule has 3 heterocycles. The van der Waals surface area contributed by atoms with Gasteiger partial charge in [0, 0.05) is 25.5 Å². The minimum atomic E-state index is 0.639. The van der Waals surface area contributed by atoms with Crippen LogP contribution in [0.4, 0.5) is 11.6 Å². The first-order valence-electron chi connectivity index (χ1n) is 12.5. The topological polar surface area (TPSA) is 67.1 Å². The van der Waals surface area contributed by atoms with E-state index in [1.807, 2.05) is 27.0 Å². The number of aromatic nitrogens is 4. The second-order valence-corrected chi connectivity index (χ2v) is 8.81. The van der Waals surface area contributed by atoms with Crippen molar-refractivity contribution >= 4 is 17.3 Å². The van der Waals surface area contributed by atoms with Gasteiger partial charge < -0.3 is 15.0 Å². The number of pyridine rings is 1. The first-order valence-corrected chi connectivity index (χ1v) is 12.5. The van der Waals surface area contributed by atoms with Crippen LogP contribution in [0.15, 0.2) is 61.2 Å². The van der Waals surface area contributed by atoms with Gasteiger partial charge in [-0.15, -0.1) is 0 Å². The van der Waals surface area contributed by atoms with Crippen molar-refractivity contribution in [1.29, 1.82) is 0 Å². The Morgan fingerprint density at radius 3 is 2.32 bits per heavy atom. The van der Waals surface area contributed by atoms with E-state index in [9.17, 15) is 0 Å². The zero-order valence-corrected chi connectivity index (χ0v) is 20.8. The van der Waals surface area contributed by atoms with Crippen LogP contribution in [-0.2, 0) is 6.54 Å². The summed E-state index contributed by atoms with van der Waals surface area (Å²) < 4.78 is 2.11. The fraction of sp³-hybridized carbons (Fsp3) is 0.393. The first kappa shape index (κ1) is 23.7. The molecule has 0 aliphatic heterocycles. The quantitative estimate of drug-likeness (QED) is 0.344. The Labute approximate surface area is 202 Å². The van der Waals surface area contributed by atoms with Gasteiger partial charge in [0.1, 0.15) is 23.6 Å². The van der Waals surface area contributed by atoms with E-state index in [4.69, 9.17) is 0 Å². The molecule has 1 aromatic carbocycles. The minimum absolute atomic E-state index is 0.639. The average molecular weight is 457 g/mol. The van der Waals surface area contributed by atoms with Gasteiger partial charge in [0.05, 0.1) is 12.2 Å². The van der Waals surface area contributed by atoms with Crippen molar-refractivity contribution in [2.24, 2.45) is 0 Å². The van der Waals surface area contributed by atoms with Crippen molar-refractivity contribution in [3.05, 3.63) is 83.6 Å². The minimum Gasteiger partial charge on any atom is -0.373 e. The number of anilines is 2. The van der Waals surface area contributed by atoms with Crippen molar-refractivity contribution in [3.8, 4) is 0 Å². The maximum atomic E-state index is 4.63. The summed E-state index contributed by atoms with van der Waals surface area (Å²) in [5.74, 6) is 3.24. The smallest absolute Gasteiger partial charge is 0.137 e. The summed E-state index contributed by atoms with van der Waals surface area (Å²) in [5, 5.41) is 6.28. The molecule has 0 atom stereocenters. The summed E-state index contributed by atoms with van der Waals surface area (Å²) in [4.78, 5) is 12.9. The highest BCUT2D eigenvalue weighted by Gasteiger charge is 2.24. The van der Waals surface area contributed by atoms with Crippen molar-refractivity contribution in [2.75, 3.05) is 17.7 Å². The number of rotatable bonds is 6. The van der Waals surface area contributed by atoms with Crippen LogP contribution < -0.4 is 10.6 Å². The molecule has 0 saturated heterocycles. The number of nitrogens with zero attached hydrogens (tertiary/aromatic N) is 4. The van der Waals surface area contributed by atoms with Crippen LogP contribution in [-0.4, -0.2) is 26.4 Å². The van der Waals surface area contributed by atoms with E-state index in [1.165, 1.54) is 36.8 Å². The predicted octanol–water partition coefficient (Wildman–Crippen LogP) is 6.55. The van der Waals surface area contributed by atoms with Gasteiger partial charge in [0.15, 0.2) is 0 Å². The van der Waals surface area contributed by atoms with Crippen LogP contribution >= 0.6 is 0 Å². The number of fused-ring (bicyclic) bond motifs is 1. The van der Waals surface area contributed by atoms with E-state index >= 15 is 0 Å². The van der Waals surface area contributed by atoms with Gasteiger partial charge in [-0.3, -0.25) is 0 Å². The molecule has 3 aromatic heterocycles. The van der Waals surface area contributed by atoms with Gasteiger partial charge in [0.2, 0.25) is 0 Å². The Bertz CT molecular complexity index is 1210. The lowest BCUT2D eigenvalue weighted by Gasteiger charge is -2.04. The van der Waals surface area contributed by atoms with Crippen LogP contribution in [0.2, 0.25) is 0 Å². The van der Waals surface area contributed by atoms with Crippen LogP contribution in [0.1, 0.15) is 73.8 Å². The fourth-order valence-corrected chi connectivity index (χ4v) is 3.92. The predicted molar refractivity (Wildman–Crippen MR) is 141 cm³/mol. The number of imidazole rings is 1. The molecule has 2 aliphatic carbocycles. The van der Waals surface area contributed by atoms with Gasteiger partial charge in [0.25, 0.3) is 0 Å². The van der Waals surface area contributed by atoms with E-state index in [0.717, 1.165) is 34.8 Å². The molecule has 6 nitrogen and oxygen atoms in total. The molecule has 34 heavy (non-hydrogen) atoms. The van der Waals surface area contributed by atoms with E-state index in [0.29, 0.717) is 6.54 Å². The maximum Gasteiger partial charge on any atom is 0.137 e. The monoisotopic (exact) mass is 456 g/mol.